The van der Waals surface area contributed by atoms with Gasteiger partial charge in [-0.1, -0.05) is 72.5 Å². The summed E-state index contributed by atoms with van der Waals surface area (Å²) >= 11 is 0. The molecule has 0 aromatic heterocycles. The molecular formula is C28H48O. The molecule has 4 aliphatic carbocycles. The topological polar surface area (TPSA) is 20.2 Å². The van der Waals surface area contributed by atoms with Crippen molar-refractivity contribution < 1.29 is 5.11 Å². The number of hydrogen-bond acceptors (Lipinski definition) is 1. The van der Waals surface area contributed by atoms with Crippen molar-refractivity contribution in [1.82, 2.24) is 0 Å². The fourth-order valence-corrected chi connectivity index (χ4v) is 8.87. The van der Waals surface area contributed by atoms with Crippen molar-refractivity contribution in [1.29, 1.82) is 0 Å². The van der Waals surface area contributed by atoms with Gasteiger partial charge in [-0.2, -0.15) is 0 Å². The Hall–Kier alpha value is -0.300. The van der Waals surface area contributed by atoms with Gasteiger partial charge in [-0.15, -0.1) is 0 Å². The first-order valence-electron chi connectivity index (χ1n) is 13.0. The number of aliphatic hydroxyl groups is 1. The van der Waals surface area contributed by atoms with E-state index >= 15 is 0 Å². The maximum absolute atomic E-state index is 10.5. The minimum Gasteiger partial charge on any atom is -0.393 e. The number of fused-ring (bicyclic) bond motifs is 5. The van der Waals surface area contributed by atoms with Crippen LogP contribution in [0.1, 0.15) is 106 Å². The molecule has 1 N–H and O–H groups in total. The second-order valence-corrected chi connectivity index (χ2v) is 12.8. The van der Waals surface area contributed by atoms with Crippen molar-refractivity contribution in [3.05, 3.63) is 11.6 Å². The van der Waals surface area contributed by atoms with E-state index in [-0.39, 0.29) is 6.10 Å². The van der Waals surface area contributed by atoms with Crippen LogP contribution in [0.25, 0.3) is 0 Å². The standard InChI is InChI=1S/C28H48O/c1-18(2)8-7-9-19(3)23-12-13-24-22-11-10-21-16-26(29)20(4)17-28(21,6)25(22)14-15-27(23,24)5/h11,18-21,23-26,29H,7-10,12-17H2,1-6H3/t19-,20?,21?,23-,24+,25+,26-,27-,28+/m1/s1. The van der Waals surface area contributed by atoms with Gasteiger partial charge in [0.25, 0.3) is 0 Å². The van der Waals surface area contributed by atoms with Gasteiger partial charge in [0.15, 0.2) is 0 Å². The lowest BCUT2D eigenvalue weighted by Crippen LogP contribution is -2.51. The van der Waals surface area contributed by atoms with Gasteiger partial charge in [-0.3, -0.25) is 0 Å². The lowest BCUT2D eigenvalue weighted by molar-refractivity contribution is -0.0686. The number of aliphatic hydroxyl groups excluding tert-OH is 1. The molecule has 1 heteroatoms. The summed E-state index contributed by atoms with van der Waals surface area (Å²) in [6, 6.07) is 0. The van der Waals surface area contributed by atoms with Gasteiger partial charge in [0, 0.05) is 0 Å². The molecular weight excluding hydrogens is 352 g/mol. The minimum atomic E-state index is -0.0700. The molecule has 1 nitrogen and oxygen atoms in total. The van der Waals surface area contributed by atoms with E-state index in [2.05, 4.69) is 47.6 Å². The zero-order chi connectivity index (χ0) is 21.0. The van der Waals surface area contributed by atoms with Crippen LogP contribution in [0, 0.1) is 52.3 Å². The average molecular weight is 401 g/mol. The second kappa shape index (κ2) is 7.99. The van der Waals surface area contributed by atoms with Gasteiger partial charge in [-0.25, -0.2) is 0 Å². The first-order chi connectivity index (χ1) is 13.7. The fraction of sp³-hybridized carbons (Fsp3) is 0.929. The van der Waals surface area contributed by atoms with E-state index in [0.29, 0.717) is 22.7 Å². The summed E-state index contributed by atoms with van der Waals surface area (Å²) in [7, 11) is 0. The highest BCUT2D eigenvalue weighted by atomic mass is 16.3. The molecule has 0 spiro atoms. The normalized spacial score (nSPS) is 47.9. The van der Waals surface area contributed by atoms with E-state index in [1.807, 2.05) is 5.57 Å². The molecule has 0 aromatic carbocycles. The Bertz CT molecular complexity index is 620. The van der Waals surface area contributed by atoms with Crippen LogP contribution < -0.4 is 0 Å². The maximum Gasteiger partial charge on any atom is 0.0568 e. The maximum atomic E-state index is 10.5. The van der Waals surface area contributed by atoms with Gasteiger partial charge in [0.2, 0.25) is 0 Å². The van der Waals surface area contributed by atoms with E-state index in [0.717, 1.165) is 36.0 Å². The van der Waals surface area contributed by atoms with Crippen molar-refractivity contribution in [3.8, 4) is 0 Å². The summed E-state index contributed by atoms with van der Waals surface area (Å²) < 4.78 is 0. The van der Waals surface area contributed by atoms with E-state index in [1.165, 1.54) is 57.8 Å². The van der Waals surface area contributed by atoms with Crippen molar-refractivity contribution in [2.75, 3.05) is 0 Å². The lowest BCUT2D eigenvalue weighted by Gasteiger charge is -2.58. The monoisotopic (exact) mass is 400 g/mol. The molecule has 29 heavy (non-hydrogen) atoms. The molecule has 3 saturated carbocycles. The van der Waals surface area contributed by atoms with Crippen LogP contribution in [0.15, 0.2) is 11.6 Å². The largest absolute Gasteiger partial charge is 0.393 e. The van der Waals surface area contributed by atoms with Crippen LogP contribution in [0.2, 0.25) is 0 Å². The van der Waals surface area contributed by atoms with Crippen LogP contribution in [0.3, 0.4) is 0 Å². The summed E-state index contributed by atoms with van der Waals surface area (Å²) in [5.74, 6) is 5.49. The molecule has 0 aliphatic heterocycles. The highest BCUT2D eigenvalue weighted by Crippen LogP contribution is 2.67. The van der Waals surface area contributed by atoms with Crippen molar-refractivity contribution in [3.63, 3.8) is 0 Å². The molecule has 0 radical (unpaired) electrons. The Balaban J connectivity index is 1.51. The van der Waals surface area contributed by atoms with Crippen LogP contribution in [-0.2, 0) is 0 Å². The Morgan fingerprint density at radius 3 is 2.48 bits per heavy atom. The molecule has 0 saturated heterocycles. The molecule has 4 aliphatic rings. The molecule has 0 amide bonds. The highest BCUT2D eigenvalue weighted by Gasteiger charge is 2.58. The van der Waals surface area contributed by atoms with Crippen LogP contribution in [-0.4, -0.2) is 11.2 Å². The first-order valence-corrected chi connectivity index (χ1v) is 13.0. The van der Waals surface area contributed by atoms with Crippen molar-refractivity contribution in [2.45, 2.75) is 112 Å². The molecule has 0 heterocycles. The Kier molecular flexibility index (Phi) is 6.04. The first kappa shape index (κ1) is 21.9. The summed E-state index contributed by atoms with van der Waals surface area (Å²) in [4.78, 5) is 0. The summed E-state index contributed by atoms with van der Waals surface area (Å²) in [6.07, 6.45) is 16.1. The van der Waals surface area contributed by atoms with Gasteiger partial charge >= 0.3 is 0 Å². The van der Waals surface area contributed by atoms with Gasteiger partial charge in [0.05, 0.1) is 6.10 Å². The van der Waals surface area contributed by atoms with Crippen LogP contribution in [0.4, 0.5) is 0 Å². The zero-order valence-corrected chi connectivity index (χ0v) is 20.2. The van der Waals surface area contributed by atoms with Gasteiger partial charge in [0.1, 0.15) is 0 Å². The Morgan fingerprint density at radius 1 is 1.03 bits per heavy atom. The lowest BCUT2D eigenvalue weighted by atomic mass is 9.46. The Morgan fingerprint density at radius 2 is 1.76 bits per heavy atom. The third-order valence-electron chi connectivity index (χ3n) is 10.6. The molecule has 0 aromatic rings. The van der Waals surface area contributed by atoms with E-state index in [4.69, 9.17) is 0 Å². The van der Waals surface area contributed by atoms with E-state index < -0.39 is 0 Å². The minimum absolute atomic E-state index is 0.0700. The third-order valence-corrected chi connectivity index (χ3v) is 10.6. The average Bonchev–Trinajstić information content (AvgIpc) is 3.00. The zero-order valence-electron chi connectivity index (χ0n) is 20.2. The predicted molar refractivity (Wildman–Crippen MR) is 124 cm³/mol. The summed E-state index contributed by atoms with van der Waals surface area (Å²) in [5.41, 5.74) is 2.85. The Labute approximate surface area is 181 Å². The fourth-order valence-electron chi connectivity index (χ4n) is 8.87. The summed E-state index contributed by atoms with van der Waals surface area (Å²) in [5, 5.41) is 10.5. The molecule has 4 rings (SSSR count). The molecule has 166 valence electrons. The van der Waals surface area contributed by atoms with Crippen molar-refractivity contribution >= 4 is 0 Å². The molecule has 3 fully saturated rings. The highest BCUT2D eigenvalue weighted by molar-refractivity contribution is 5.28. The SMILES string of the molecule is CC(C)CCC[C@@H](C)[C@H]1CC[C@H]2C3=CCC4C[C@@H](O)C(C)C[C@]4(C)[C@H]3CC[C@]12C. The van der Waals surface area contributed by atoms with E-state index in [9.17, 15) is 5.11 Å². The van der Waals surface area contributed by atoms with Crippen LogP contribution in [0.5, 0.6) is 0 Å². The molecule has 0 bridgehead atoms. The summed E-state index contributed by atoms with van der Waals surface area (Å²) in [6.45, 7) is 14.9. The van der Waals surface area contributed by atoms with Gasteiger partial charge < -0.3 is 5.11 Å². The second-order valence-electron chi connectivity index (χ2n) is 12.8. The number of hydrogen-bond donors (Lipinski definition) is 1. The molecule has 9 atom stereocenters. The smallest absolute Gasteiger partial charge is 0.0568 e. The third kappa shape index (κ3) is 3.66. The predicted octanol–water partition coefficient (Wildman–Crippen LogP) is 7.63. The van der Waals surface area contributed by atoms with E-state index in [1.54, 1.807) is 0 Å². The van der Waals surface area contributed by atoms with Gasteiger partial charge in [-0.05, 0) is 97.2 Å². The molecule has 2 unspecified atom stereocenters. The number of rotatable bonds is 5. The van der Waals surface area contributed by atoms with Crippen LogP contribution >= 0.6 is 0 Å². The quantitative estimate of drug-likeness (QED) is 0.470. The number of allylic oxidation sites excluding steroid dienone is 2. The van der Waals surface area contributed by atoms with Crippen molar-refractivity contribution in [2.24, 2.45) is 52.3 Å².